The van der Waals surface area contributed by atoms with E-state index < -0.39 is 0 Å². The number of carbonyl (C=O) groups excluding carboxylic acids is 1. The van der Waals surface area contributed by atoms with Gasteiger partial charge < -0.3 is 10.2 Å². The van der Waals surface area contributed by atoms with Crippen molar-refractivity contribution in [3.63, 3.8) is 0 Å². The third-order valence-electron chi connectivity index (χ3n) is 4.01. The minimum Gasteiger partial charge on any atom is -0.381 e. The molecule has 0 radical (unpaired) electrons. The Bertz CT molecular complexity index is 469. The van der Waals surface area contributed by atoms with Gasteiger partial charge in [0.15, 0.2) is 0 Å². The maximum absolute atomic E-state index is 11.5. The van der Waals surface area contributed by atoms with Crippen LogP contribution in [0, 0.1) is 6.92 Å². The van der Waals surface area contributed by atoms with Gasteiger partial charge in [0.1, 0.15) is 0 Å². The molecule has 0 saturated carbocycles. The molecule has 1 saturated heterocycles. The van der Waals surface area contributed by atoms with E-state index in [4.69, 9.17) is 0 Å². The van der Waals surface area contributed by atoms with Gasteiger partial charge in [-0.3, -0.25) is 4.79 Å². The fourth-order valence-electron chi connectivity index (χ4n) is 3.05. The third kappa shape index (κ3) is 1.70. The molecule has 1 fully saturated rings. The van der Waals surface area contributed by atoms with Gasteiger partial charge in [-0.15, -0.1) is 0 Å². The number of rotatable bonds is 0. The number of hydrogen-bond donors (Lipinski definition) is 1. The van der Waals surface area contributed by atoms with Crippen LogP contribution in [0.4, 0.5) is 5.69 Å². The molecule has 1 amide bonds. The second-order valence-corrected chi connectivity index (χ2v) is 5.20. The number of hydrogen-bond acceptors (Lipinski definition) is 2. The zero-order chi connectivity index (χ0) is 12.0. The lowest BCUT2D eigenvalue weighted by molar-refractivity contribution is -0.130. The zero-order valence-corrected chi connectivity index (χ0v) is 10.4. The number of benzene rings is 1. The van der Waals surface area contributed by atoms with Crippen LogP contribution in [0.3, 0.4) is 0 Å². The number of piperidine rings is 1. The average Bonchev–Trinajstić information content (AvgIpc) is 2.66. The molecule has 2 aliphatic rings. The van der Waals surface area contributed by atoms with Crippen molar-refractivity contribution < 1.29 is 4.79 Å². The van der Waals surface area contributed by atoms with Crippen molar-refractivity contribution in [3.8, 4) is 0 Å². The van der Waals surface area contributed by atoms with E-state index in [0.717, 1.165) is 19.5 Å². The third-order valence-corrected chi connectivity index (χ3v) is 4.01. The van der Waals surface area contributed by atoms with Gasteiger partial charge in [-0.2, -0.15) is 0 Å². The molecule has 3 rings (SSSR count). The van der Waals surface area contributed by atoms with E-state index in [-0.39, 0.29) is 5.91 Å². The second-order valence-electron chi connectivity index (χ2n) is 5.20. The molecule has 90 valence electrons. The Morgan fingerprint density at radius 3 is 3.06 bits per heavy atom. The summed E-state index contributed by atoms with van der Waals surface area (Å²) in [5.41, 5.74) is 3.95. The van der Waals surface area contributed by atoms with Gasteiger partial charge in [0.05, 0.1) is 0 Å². The van der Waals surface area contributed by atoms with E-state index in [2.05, 4.69) is 30.4 Å². The number of amides is 1. The number of aryl methyl sites for hydroxylation is 1. The highest BCUT2D eigenvalue weighted by Gasteiger charge is 2.37. The van der Waals surface area contributed by atoms with E-state index in [0.29, 0.717) is 12.0 Å². The van der Waals surface area contributed by atoms with Crippen molar-refractivity contribution in [2.45, 2.75) is 32.2 Å². The molecule has 2 unspecified atom stereocenters. The molecule has 2 aliphatic heterocycles. The lowest BCUT2D eigenvalue weighted by Crippen LogP contribution is -2.44. The molecule has 2 heterocycles. The molecule has 1 N–H and O–H groups in total. The van der Waals surface area contributed by atoms with Crippen molar-refractivity contribution in [1.82, 2.24) is 4.90 Å². The quantitative estimate of drug-likeness (QED) is 0.740. The lowest BCUT2D eigenvalue weighted by atomic mass is 9.89. The molecular formula is C14H18N2O. The average molecular weight is 230 g/mol. The fourth-order valence-corrected chi connectivity index (χ4v) is 3.05. The molecular weight excluding hydrogens is 212 g/mol. The van der Waals surface area contributed by atoms with E-state index in [9.17, 15) is 4.79 Å². The largest absolute Gasteiger partial charge is 0.381 e. The maximum atomic E-state index is 11.5. The van der Waals surface area contributed by atoms with Crippen molar-refractivity contribution in [2.75, 3.05) is 18.4 Å². The maximum Gasteiger partial charge on any atom is 0.219 e. The normalized spacial score (nSPS) is 26.1. The zero-order valence-electron chi connectivity index (χ0n) is 10.4. The van der Waals surface area contributed by atoms with Crippen LogP contribution in [-0.4, -0.2) is 29.9 Å². The summed E-state index contributed by atoms with van der Waals surface area (Å²) < 4.78 is 0. The summed E-state index contributed by atoms with van der Waals surface area (Å²) >= 11 is 0. The highest BCUT2D eigenvalue weighted by molar-refractivity contribution is 5.74. The lowest BCUT2D eigenvalue weighted by Gasteiger charge is -2.34. The van der Waals surface area contributed by atoms with Crippen LogP contribution in [-0.2, 0) is 4.79 Å². The molecule has 0 bridgehead atoms. The van der Waals surface area contributed by atoms with E-state index in [1.165, 1.54) is 16.8 Å². The monoisotopic (exact) mass is 230 g/mol. The minimum absolute atomic E-state index is 0.199. The van der Waals surface area contributed by atoms with E-state index in [1.54, 1.807) is 6.92 Å². The van der Waals surface area contributed by atoms with Gasteiger partial charge in [0.25, 0.3) is 0 Å². The molecule has 0 aromatic heterocycles. The SMILES string of the molecule is CC(=O)N1CCC2Nc3ccc(C)cc3C2C1. The molecule has 3 heteroatoms. The standard InChI is InChI=1S/C14H18N2O/c1-9-3-4-13-11(7-9)12-8-16(10(2)17)6-5-14(12)15-13/h3-4,7,12,14-15H,5-6,8H2,1-2H3. The van der Waals surface area contributed by atoms with E-state index >= 15 is 0 Å². The van der Waals surface area contributed by atoms with Crippen LogP contribution in [0.25, 0.3) is 0 Å². The highest BCUT2D eigenvalue weighted by atomic mass is 16.2. The fraction of sp³-hybridized carbons (Fsp3) is 0.500. The van der Waals surface area contributed by atoms with Gasteiger partial charge in [-0.05, 0) is 25.0 Å². The number of fused-ring (bicyclic) bond motifs is 3. The van der Waals surface area contributed by atoms with Crippen molar-refractivity contribution in [2.24, 2.45) is 0 Å². The Balaban J connectivity index is 1.92. The Morgan fingerprint density at radius 2 is 2.29 bits per heavy atom. The topological polar surface area (TPSA) is 32.3 Å². The van der Waals surface area contributed by atoms with Crippen molar-refractivity contribution in [1.29, 1.82) is 0 Å². The van der Waals surface area contributed by atoms with Gasteiger partial charge in [0.2, 0.25) is 5.91 Å². The molecule has 0 aliphatic carbocycles. The van der Waals surface area contributed by atoms with Crippen LogP contribution in [0.2, 0.25) is 0 Å². The predicted molar refractivity (Wildman–Crippen MR) is 68.2 cm³/mol. The number of likely N-dealkylation sites (tertiary alicyclic amines) is 1. The smallest absolute Gasteiger partial charge is 0.219 e. The molecule has 17 heavy (non-hydrogen) atoms. The number of nitrogens with one attached hydrogen (secondary N) is 1. The summed E-state index contributed by atoms with van der Waals surface area (Å²) in [5.74, 6) is 0.673. The first-order chi connectivity index (χ1) is 8.15. The van der Waals surface area contributed by atoms with Gasteiger partial charge in [0, 0.05) is 37.7 Å². The van der Waals surface area contributed by atoms with Crippen LogP contribution >= 0.6 is 0 Å². The Labute approximate surface area is 102 Å². The van der Waals surface area contributed by atoms with Crippen molar-refractivity contribution in [3.05, 3.63) is 29.3 Å². The summed E-state index contributed by atoms with van der Waals surface area (Å²) in [7, 11) is 0. The molecule has 1 aromatic rings. The number of nitrogens with zero attached hydrogens (tertiary/aromatic N) is 1. The van der Waals surface area contributed by atoms with Gasteiger partial charge in [-0.25, -0.2) is 0 Å². The summed E-state index contributed by atoms with van der Waals surface area (Å²) in [5, 5.41) is 3.59. The van der Waals surface area contributed by atoms with Crippen molar-refractivity contribution >= 4 is 11.6 Å². The first kappa shape index (κ1) is 10.6. The second kappa shape index (κ2) is 3.76. The Hall–Kier alpha value is -1.51. The van der Waals surface area contributed by atoms with E-state index in [1.807, 2.05) is 4.90 Å². The molecule has 1 aromatic carbocycles. The summed E-state index contributed by atoms with van der Waals surface area (Å²) in [6.07, 6.45) is 1.05. The molecule has 2 atom stereocenters. The first-order valence-electron chi connectivity index (χ1n) is 6.28. The number of anilines is 1. The highest BCUT2D eigenvalue weighted by Crippen LogP contribution is 2.40. The predicted octanol–water partition coefficient (Wildman–Crippen LogP) is 2.12. The summed E-state index contributed by atoms with van der Waals surface area (Å²) in [6.45, 7) is 5.54. The van der Waals surface area contributed by atoms with Gasteiger partial charge >= 0.3 is 0 Å². The first-order valence-corrected chi connectivity index (χ1v) is 6.28. The summed E-state index contributed by atoms with van der Waals surface area (Å²) in [4.78, 5) is 13.4. The Kier molecular flexibility index (Phi) is 2.35. The van der Waals surface area contributed by atoms with Gasteiger partial charge in [-0.1, -0.05) is 17.7 Å². The molecule has 0 spiro atoms. The molecule has 3 nitrogen and oxygen atoms in total. The van der Waals surface area contributed by atoms with Crippen LogP contribution in [0.1, 0.15) is 30.4 Å². The Morgan fingerprint density at radius 1 is 1.47 bits per heavy atom. The summed E-state index contributed by atoms with van der Waals surface area (Å²) in [6, 6.07) is 7.09. The van der Waals surface area contributed by atoms with Crippen LogP contribution < -0.4 is 5.32 Å². The minimum atomic E-state index is 0.199. The van der Waals surface area contributed by atoms with Crippen LogP contribution in [0.15, 0.2) is 18.2 Å². The number of carbonyl (C=O) groups is 1. The van der Waals surface area contributed by atoms with Crippen LogP contribution in [0.5, 0.6) is 0 Å².